The molecule has 0 radical (unpaired) electrons. The van der Waals surface area contributed by atoms with Crippen molar-refractivity contribution in [1.29, 1.82) is 0 Å². The molecule has 0 saturated heterocycles. The topological polar surface area (TPSA) is 30.7 Å². The summed E-state index contributed by atoms with van der Waals surface area (Å²) in [5.74, 6) is 0. The molecule has 0 atom stereocenters. The zero-order valence-corrected chi connectivity index (χ0v) is 10.0. The monoisotopic (exact) mass is 243 g/mol. The molecule has 0 N–H and O–H groups in total. The molecule has 3 nitrogen and oxygen atoms in total. The number of hydrogen-bond acceptors (Lipinski definition) is 2. The van der Waals surface area contributed by atoms with Crippen LogP contribution >= 0.6 is 11.6 Å². The summed E-state index contributed by atoms with van der Waals surface area (Å²) in [6, 6.07) is 13.5. The first-order valence-electron chi connectivity index (χ1n) is 5.32. The van der Waals surface area contributed by atoms with Crippen LogP contribution in [-0.2, 0) is 0 Å². The van der Waals surface area contributed by atoms with E-state index >= 15 is 0 Å². The van der Waals surface area contributed by atoms with Crippen LogP contribution in [0.1, 0.15) is 5.56 Å². The standard InChI is InChI=1S/C13H10ClN3/c1-9-6-10(14)8-11(7-9)17-15-12-4-2-3-5-13(12)16-17/h2-8H,1H3. The van der Waals surface area contributed by atoms with Crippen LogP contribution in [0.5, 0.6) is 0 Å². The van der Waals surface area contributed by atoms with Gasteiger partial charge in [-0.3, -0.25) is 0 Å². The van der Waals surface area contributed by atoms with E-state index in [4.69, 9.17) is 11.6 Å². The number of halogens is 1. The van der Waals surface area contributed by atoms with Crippen LogP contribution in [0, 0.1) is 6.92 Å². The minimum Gasteiger partial charge on any atom is -0.150 e. The Labute approximate surface area is 104 Å². The number of rotatable bonds is 1. The molecule has 0 amide bonds. The molecule has 0 spiro atoms. The molecular formula is C13H10ClN3. The van der Waals surface area contributed by atoms with Gasteiger partial charge in [-0.05, 0) is 42.8 Å². The molecule has 0 unspecified atom stereocenters. The van der Waals surface area contributed by atoms with Gasteiger partial charge in [-0.15, -0.1) is 10.2 Å². The Morgan fingerprint density at radius 3 is 2.24 bits per heavy atom. The van der Waals surface area contributed by atoms with E-state index in [0.717, 1.165) is 22.3 Å². The van der Waals surface area contributed by atoms with E-state index in [9.17, 15) is 0 Å². The average Bonchev–Trinajstić information content (AvgIpc) is 2.71. The molecule has 3 rings (SSSR count). The summed E-state index contributed by atoms with van der Waals surface area (Å²) in [5.41, 5.74) is 3.73. The predicted molar refractivity (Wildman–Crippen MR) is 68.6 cm³/mol. The molecule has 0 aliphatic heterocycles. The highest BCUT2D eigenvalue weighted by Crippen LogP contribution is 2.18. The van der Waals surface area contributed by atoms with Gasteiger partial charge in [0.05, 0.1) is 5.69 Å². The van der Waals surface area contributed by atoms with Crippen LogP contribution in [0.25, 0.3) is 16.7 Å². The summed E-state index contributed by atoms with van der Waals surface area (Å²) in [6.07, 6.45) is 0. The second-order valence-electron chi connectivity index (χ2n) is 3.96. The average molecular weight is 244 g/mol. The molecule has 3 aromatic rings. The minimum atomic E-state index is 0.696. The second kappa shape index (κ2) is 3.86. The summed E-state index contributed by atoms with van der Waals surface area (Å²) in [4.78, 5) is 1.61. The highest BCUT2D eigenvalue weighted by molar-refractivity contribution is 6.30. The van der Waals surface area contributed by atoms with Crippen LogP contribution in [0.3, 0.4) is 0 Å². The number of hydrogen-bond donors (Lipinski definition) is 0. The SMILES string of the molecule is Cc1cc(Cl)cc(-n2nc3ccccc3n2)c1. The van der Waals surface area contributed by atoms with E-state index in [0.29, 0.717) is 5.02 Å². The van der Waals surface area contributed by atoms with Crippen LogP contribution in [-0.4, -0.2) is 15.0 Å². The minimum absolute atomic E-state index is 0.696. The van der Waals surface area contributed by atoms with Crippen molar-refractivity contribution in [2.75, 3.05) is 0 Å². The van der Waals surface area contributed by atoms with Crippen molar-refractivity contribution in [1.82, 2.24) is 15.0 Å². The van der Waals surface area contributed by atoms with Crippen LogP contribution in [0.15, 0.2) is 42.5 Å². The van der Waals surface area contributed by atoms with Crippen molar-refractivity contribution < 1.29 is 0 Å². The Morgan fingerprint density at radius 2 is 1.65 bits per heavy atom. The summed E-state index contributed by atoms with van der Waals surface area (Å²) in [7, 11) is 0. The van der Waals surface area contributed by atoms with Gasteiger partial charge in [0, 0.05) is 5.02 Å². The third kappa shape index (κ3) is 1.89. The molecule has 1 aromatic heterocycles. The summed E-state index contributed by atoms with van der Waals surface area (Å²) in [5, 5.41) is 9.52. The van der Waals surface area contributed by atoms with Gasteiger partial charge in [0.2, 0.25) is 0 Å². The quantitative estimate of drug-likeness (QED) is 0.656. The van der Waals surface area contributed by atoms with E-state index in [1.807, 2.05) is 49.4 Å². The highest BCUT2D eigenvalue weighted by atomic mass is 35.5. The maximum atomic E-state index is 6.03. The molecule has 17 heavy (non-hydrogen) atoms. The lowest BCUT2D eigenvalue weighted by atomic mass is 10.2. The molecule has 1 heterocycles. The van der Waals surface area contributed by atoms with Crippen molar-refractivity contribution in [3.05, 3.63) is 53.1 Å². The number of nitrogens with zero attached hydrogens (tertiary/aromatic N) is 3. The predicted octanol–water partition coefficient (Wildman–Crippen LogP) is 3.38. The smallest absolute Gasteiger partial charge is 0.113 e. The first-order valence-corrected chi connectivity index (χ1v) is 5.70. The summed E-state index contributed by atoms with van der Waals surface area (Å²) >= 11 is 6.03. The van der Waals surface area contributed by atoms with Gasteiger partial charge in [-0.2, -0.15) is 4.80 Å². The van der Waals surface area contributed by atoms with E-state index in [1.54, 1.807) is 4.80 Å². The Hall–Kier alpha value is -1.87. The van der Waals surface area contributed by atoms with Crippen molar-refractivity contribution in [2.24, 2.45) is 0 Å². The molecule has 0 fully saturated rings. The fourth-order valence-electron chi connectivity index (χ4n) is 1.81. The fourth-order valence-corrected chi connectivity index (χ4v) is 2.09. The van der Waals surface area contributed by atoms with E-state index < -0.39 is 0 Å². The van der Waals surface area contributed by atoms with Gasteiger partial charge in [0.25, 0.3) is 0 Å². The number of benzene rings is 2. The first-order chi connectivity index (χ1) is 8.22. The van der Waals surface area contributed by atoms with Crippen LogP contribution in [0.4, 0.5) is 0 Å². The van der Waals surface area contributed by atoms with Crippen LogP contribution < -0.4 is 0 Å². The largest absolute Gasteiger partial charge is 0.150 e. The lowest BCUT2D eigenvalue weighted by molar-refractivity contribution is 0.765. The third-order valence-electron chi connectivity index (χ3n) is 2.54. The first kappa shape index (κ1) is 10.3. The lowest BCUT2D eigenvalue weighted by Gasteiger charge is -2.01. The fraction of sp³-hybridized carbons (Fsp3) is 0.0769. The molecule has 0 aliphatic rings. The highest BCUT2D eigenvalue weighted by Gasteiger charge is 2.04. The maximum Gasteiger partial charge on any atom is 0.113 e. The molecular weight excluding hydrogens is 234 g/mol. The van der Waals surface area contributed by atoms with Crippen molar-refractivity contribution in [2.45, 2.75) is 6.92 Å². The Balaban J connectivity index is 2.20. The molecule has 84 valence electrons. The number of fused-ring (bicyclic) bond motifs is 1. The maximum absolute atomic E-state index is 6.03. The van der Waals surface area contributed by atoms with Gasteiger partial charge in [0.15, 0.2) is 0 Å². The van der Waals surface area contributed by atoms with Gasteiger partial charge in [-0.25, -0.2) is 0 Å². The molecule has 0 bridgehead atoms. The Morgan fingerprint density at radius 1 is 1.00 bits per heavy atom. The van der Waals surface area contributed by atoms with E-state index in [2.05, 4.69) is 10.2 Å². The third-order valence-corrected chi connectivity index (χ3v) is 2.76. The normalized spacial score (nSPS) is 10.9. The summed E-state index contributed by atoms with van der Waals surface area (Å²) < 4.78 is 0. The second-order valence-corrected chi connectivity index (χ2v) is 4.40. The van der Waals surface area contributed by atoms with Gasteiger partial charge in [0.1, 0.15) is 11.0 Å². The molecule has 0 aliphatic carbocycles. The van der Waals surface area contributed by atoms with E-state index in [1.165, 1.54) is 0 Å². The van der Waals surface area contributed by atoms with Crippen molar-refractivity contribution >= 4 is 22.6 Å². The van der Waals surface area contributed by atoms with Gasteiger partial charge < -0.3 is 0 Å². The summed E-state index contributed by atoms with van der Waals surface area (Å²) in [6.45, 7) is 2.00. The Bertz CT molecular complexity index is 635. The van der Waals surface area contributed by atoms with Crippen LogP contribution in [0.2, 0.25) is 5.02 Å². The lowest BCUT2D eigenvalue weighted by Crippen LogP contribution is -1.98. The zero-order valence-electron chi connectivity index (χ0n) is 9.26. The molecule has 4 heteroatoms. The zero-order chi connectivity index (χ0) is 11.8. The van der Waals surface area contributed by atoms with Crippen molar-refractivity contribution in [3.8, 4) is 5.69 Å². The van der Waals surface area contributed by atoms with Gasteiger partial charge >= 0.3 is 0 Å². The number of aryl methyl sites for hydroxylation is 1. The molecule has 2 aromatic carbocycles. The Kier molecular flexibility index (Phi) is 2.34. The van der Waals surface area contributed by atoms with Crippen molar-refractivity contribution in [3.63, 3.8) is 0 Å². The number of aromatic nitrogens is 3. The molecule has 0 saturated carbocycles. The van der Waals surface area contributed by atoms with Gasteiger partial charge in [-0.1, -0.05) is 23.7 Å². The van der Waals surface area contributed by atoms with E-state index in [-0.39, 0.29) is 0 Å².